The van der Waals surface area contributed by atoms with Gasteiger partial charge in [0.25, 0.3) is 0 Å². The number of hydrogen-bond acceptors (Lipinski definition) is 3. The highest BCUT2D eigenvalue weighted by molar-refractivity contribution is 9.09. The highest BCUT2D eigenvalue weighted by atomic mass is 79.9. The topological polar surface area (TPSA) is 74.4 Å². The molecule has 8 bridgehead atoms. The normalized spacial score (nSPS) is 13.6. The summed E-state index contributed by atoms with van der Waals surface area (Å²) in [5, 5.41) is 0.277. The second kappa shape index (κ2) is 7.02. The molecule has 0 amide bonds. The van der Waals surface area contributed by atoms with Crippen molar-refractivity contribution in [3.05, 3.63) is 70.8 Å². The van der Waals surface area contributed by atoms with Crippen LogP contribution in [0.2, 0.25) is 0 Å². The molecule has 0 aromatic carbocycles. The molecule has 5 rings (SSSR count). The van der Waals surface area contributed by atoms with Gasteiger partial charge in [-0.2, -0.15) is 0 Å². The number of carbonyl (C=O) groups excluding carboxylic acids is 1. The number of rotatable bonds is 2. The van der Waals surface area contributed by atoms with E-state index in [1.807, 2.05) is 12.1 Å². The fourth-order valence-electron chi connectivity index (χ4n) is 3.89. The van der Waals surface area contributed by atoms with Crippen LogP contribution < -0.4 is 0 Å². The number of aromatic amines is 2. The smallest absolute Gasteiger partial charge is 0.177 e. The molecule has 6 heteroatoms. The molecule has 5 heterocycles. The maximum absolute atomic E-state index is 12.7. The fraction of sp³-hybridized carbons (Fsp3) is 0.227. The average molecular weight is 435 g/mol. The number of aromatic nitrogens is 4. The van der Waals surface area contributed by atoms with Crippen LogP contribution in [0.1, 0.15) is 33.1 Å². The Kier molecular flexibility index (Phi) is 4.36. The molecule has 3 aromatic heterocycles. The van der Waals surface area contributed by atoms with Crippen molar-refractivity contribution in [2.45, 2.75) is 25.7 Å². The van der Waals surface area contributed by atoms with E-state index >= 15 is 0 Å². The molecule has 0 fully saturated rings. The predicted octanol–water partition coefficient (Wildman–Crippen LogP) is 4.46. The first kappa shape index (κ1) is 17.4. The second-order valence-electron chi connectivity index (χ2n) is 7.21. The molecule has 140 valence electrons. The van der Waals surface area contributed by atoms with E-state index < -0.39 is 0 Å². The molecule has 28 heavy (non-hydrogen) atoms. The number of halogens is 1. The summed E-state index contributed by atoms with van der Waals surface area (Å²) in [6, 6.07) is 14.3. The molecule has 0 unspecified atom stereocenters. The molecule has 0 saturated heterocycles. The number of carbonyl (C=O) groups is 1. The number of fused-ring (bicyclic) bond motifs is 8. The molecular weight excluding hydrogens is 416 g/mol. The van der Waals surface area contributed by atoms with Crippen LogP contribution >= 0.6 is 15.9 Å². The first-order chi connectivity index (χ1) is 13.7. The van der Waals surface area contributed by atoms with Crippen LogP contribution in [-0.4, -0.2) is 31.0 Å². The lowest BCUT2D eigenvalue weighted by Gasteiger charge is -2.00. The minimum Gasteiger partial charge on any atom is -0.355 e. The van der Waals surface area contributed by atoms with E-state index in [4.69, 9.17) is 9.97 Å². The lowest BCUT2D eigenvalue weighted by Crippen LogP contribution is -2.04. The van der Waals surface area contributed by atoms with Crippen LogP contribution in [0.15, 0.2) is 42.5 Å². The summed E-state index contributed by atoms with van der Waals surface area (Å²) < 4.78 is 0. The number of aryl methyl sites for hydroxylation is 4. The molecule has 3 aromatic rings. The lowest BCUT2D eigenvalue weighted by atomic mass is 10.1. The van der Waals surface area contributed by atoms with Crippen LogP contribution in [0.25, 0.3) is 22.1 Å². The van der Waals surface area contributed by atoms with E-state index in [0.29, 0.717) is 5.56 Å². The van der Waals surface area contributed by atoms with Gasteiger partial charge in [0.15, 0.2) is 5.78 Å². The Labute approximate surface area is 170 Å². The Bertz CT molecular complexity index is 1240. The SMILES string of the molecule is O=C(CBr)c1c2nc(cc3ccc(cc4nc(cc5ccc1[nH]5)CC4)[nH]3)CC2. The summed E-state index contributed by atoms with van der Waals surface area (Å²) in [6.45, 7) is 0. The maximum atomic E-state index is 12.7. The van der Waals surface area contributed by atoms with E-state index in [1.54, 1.807) is 0 Å². The van der Waals surface area contributed by atoms with Gasteiger partial charge in [-0.15, -0.1) is 0 Å². The van der Waals surface area contributed by atoms with E-state index in [9.17, 15) is 4.79 Å². The van der Waals surface area contributed by atoms with Crippen molar-refractivity contribution >= 4 is 43.8 Å². The number of ketones is 1. The Balaban J connectivity index is 1.86. The molecule has 2 N–H and O–H groups in total. The Hall–Kier alpha value is -2.73. The van der Waals surface area contributed by atoms with Crippen LogP contribution in [-0.2, 0) is 25.7 Å². The molecule has 0 radical (unpaired) electrons. The minimum atomic E-state index is 0.0418. The molecule has 0 saturated carbocycles. The Morgan fingerprint density at radius 1 is 0.821 bits per heavy atom. The zero-order chi connectivity index (χ0) is 19.1. The van der Waals surface area contributed by atoms with Gasteiger partial charge in [-0.25, -0.2) is 0 Å². The molecule has 2 aliphatic heterocycles. The van der Waals surface area contributed by atoms with Gasteiger partial charge in [0.2, 0.25) is 0 Å². The third-order valence-electron chi connectivity index (χ3n) is 5.19. The van der Waals surface area contributed by atoms with Gasteiger partial charge in [-0.05, 0) is 68.1 Å². The zero-order valence-electron chi connectivity index (χ0n) is 15.3. The van der Waals surface area contributed by atoms with Crippen molar-refractivity contribution in [2.24, 2.45) is 0 Å². The van der Waals surface area contributed by atoms with Crippen molar-refractivity contribution < 1.29 is 4.79 Å². The third-order valence-corrected chi connectivity index (χ3v) is 5.69. The van der Waals surface area contributed by atoms with E-state index in [-0.39, 0.29) is 11.1 Å². The summed E-state index contributed by atoms with van der Waals surface area (Å²) in [7, 11) is 0. The molecular formula is C22H19BrN4O. The minimum absolute atomic E-state index is 0.0418. The van der Waals surface area contributed by atoms with Gasteiger partial charge < -0.3 is 9.97 Å². The van der Waals surface area contributed by atoms with Gasteiger partial charge in [-0.3, -0.25) is 14.8 Å². The number of Topliss-reactive ketones (excluding diaryl/α,β-unsaturated/α-hetero) is 1. The standard InChI is InChI=1S/C22H19BrN4O/c23-12-21(28)22-19-7-5-17(26-19)10-15-3-1-13(24-15)9-14-2-4-16(25-14)11-18-6-8-20(22)27-18/h1,3,6,8-11,24,27H,2,4-5,7,12H2. The Morgan fingerprint density at radius 3 is 2.07 bits per heavy atom. The first-order valence-electron chi connectivity index (χ1n) is 9.44. The van der Waals surface area contributed by atoms with E-state index in [0.717, 1.165) is 70.5 Å². The average Bonchev–Trinajstić information content (AvgIpc) is 3.46. The quantitative estimate of drug-likeness (QED) is 0.461. The molecule has 2 aliphatic rings. The number of nitrogens with one attached hydrogen (secondary N) is 2. The van der Waals surface area contributed by atoms with Crippen molar-refractivity contribution in [1.82, 2.24) is 19.9 Å². The zero-order valence-corrected chi connectivity index (χ0v) is 16.8. The van der Waals surface area contributed by atoms with Crippen LogP contribution in [0.4, 0.5) is 0 Å². The molecule has 0 aliphatic carbocycles. The lowest BCUT2D eigenvalue weighted by molar-refractivity contribution is 0.102. The van der Waals surface area contributed by atoms with Crippen LogP contribution in [0, 0.1) is 0 Å². The first-order valence-corrected chi connectivity index (χ1v) is 10.6. The number of H-pyrrole nitrogens is 2. The Morgan fingerprint density at radius 2 is 1.39 bits per heavy atom. The highest BCUT2D eigenvalue weighted by Gasteiger charge is 2.17. The summed E-state index contributed by atoms with van der Waals surface area (Å²) >= 11 is 3.32. The van der Waals surface area contributed by atoms with Crippen LogP contribution in [0.3, 0.4) is 0 Å². The number of nitrogens with zero attached hydrogens (tertiary/aromatic N) is 2. The maximum Gasteiger partial charge on any atom is 0.177 e. The van der Waals surface area contributed by atoms with E-state index in [1.165, 1.54) is 0 Å². The summed E-state index contributed by atoms with van der Waals surface area (Å²) in [5.41, 5.74) is 8.48. The van der Waals surface area contributed by atoms with Gasteiger partial charge >= 0.3 is 0 Å². The van der Waals surface area contributed by atoms with E-state index in [2.05, 4.69) is 56.2 Å². The number of hydrogen-bond donors (Lipinski definition) is 2. The second-order valence-corrected chi connectivity index (χ2v) is 7.77. The fourth-order valence-corrected chi connectivity index (χ4v) is 4.17. The van der Waals surface area contributed by atoms with Gasteiger partial charge in [0.1, 0.15) is 0 Å². The van der Waals surface area contributed by atoms with Gasteiger partial charge in [0, 0.05) is 33.6 Å². The molecule has 0 atom stereocenters. The molecule has 0 spiro atoms. The van der Waals surface area contributed by atoms with Crippen molar-refractivity contribution in [3.63, 3.8) is 0 Å². The summed E-state index contributed by atoms with van der Waals surface area (Å²) in [5.74, 6) is 0.0418. The molecule has 5 nitrogen and oxygen atoms in total. The van der Waals surface area contributed by atoms with Crippen LogP contribution in [0.5, 0.6) is 0 Å². The van der Waals surface area contributed by atoms with Crippen molar-refractivity contribution in [1.29, 1.82) is 0 Å². The summed E-state index contributed by atoms with van der Waals surface area (Å²) in [6.07, 6.45) is 3.45. The van der Waals surface area contributed by atoms with Gasteiger partial charge in [0.05, 0.1) is 22.1 Å². The van der Waals surface area contributed by atoms with Gasteiger partial charge in [-0.1, -0.05) is 15.9 Å². The largest absolute Gasteiger partial charge is 0.355 e. The van der Waals surface area contributed by atoms with Crippen molar-refractivity contribution in [3.8, 4) is 0 Å². The number of alkyl halides is 1. The summed E-state index contributed by atoms with van der Waals surface area (Å²) in [4.78, 5) is 29.0. The van der Waals surface area contributed by atoms with Crippen molar-refractivity contribution in [2.75, 3.05) is 5.33 Å². The predicted molar refractivity (Wildman–Crippen MR) is 114 cm³/mol. The monoisotopic (exact) mass is 434 g/mol. The highest BCUT2D eigenvalue weighted by Crippen LogP contribution is 2.21. The third kappa shape index (κ3) is 3.29.